The van der Waals surface area contributed by atoms with Gasteiger partial charge in [0.05, 0.1) is 21.8 Å². The van der Waals surface area contributed by atoms with Gasteiger partial charge in [0.2, 0.25) is 5.91 Å². The van der Waals surface area contributed by atoms with Crippen LogP contribution in [0.15, 0.2) is 60.8 Å². The van der Waals surface area contributed by atoms with Crippen molar-refractivity contribution in [3.05, 3.63) is 71.4 Å². The summed E-state index contributed by atoms with van der Waals surface area (Å²) in [6.45, 7) is 2.13. The fourth-order valence-corrected chi connectivity index (χ4v) is 3.00. The van der Waals surface area contributed by atoms with E-state index >= 15 is 0 Å². The van der Waals surface area contributed by atoms with Crippen LogP contribution in [0.3, 0.4) is 0 Å². The van der Waals surface area contributed by atoms with Gasteiger partial charge in [-0.05, 0) is 24.3 Å². The number of aromatic nitrogens is 1. The highest BCUT2D eigenvalue weighted by Gasteiger charge is 2.16. The minimum atomic E-state index is -0.268. The maximum absolute atomic E-state index is 12.3. The summed E-state index contributed by atoms with van der Waals surface area (Å²) in [5, 5.41) is 4.16. The monoisotopic (exact) mass is 367 g/mol. The molecule has 1 N–H and O–H groups in total. The third-order valence-electron chi connectivity index (χ3n) is 4.02. The van der Waals surface area contributed by atoms with Crippen LogP contribution in [-0.4, -0.2) is 29.9 Å². The fraction of sp³-hybridized carbons (Fsp3) is 0.150. The smallest absolute Gasteiger partial charge is 0.252 e. The van der Waals surface area contributed by atoms with Crippen LogP contribution < -0.4 is 10.2 Å². The lowest BCUT2D eigenvalue weighted by Crippen LogP contribution is -2.37. The van der Waals surface area contributed by atoms with Gasteiger partial charge in [0, 0.05) is 31.6 Å². The number of carbonyl (C=O) groups is 2. The second-order valence-electron chi connectivity index (χ2n) is 5.76. The molecule has 1 heterocycles. The summed E-state index contributed by atoms with van der Waals surface area (Å²) in [6.07, 6.45) is 1.70. The second kappa shape index (κ2) is 7.97. The van der Waals surface area contributed by atoms with Gasteiger partial charge < -0.3 is 10.2 Å². The van der Waals surface area contributed by atoms with E-state index in [1.165, 1.54) is 6.92 Å². The predicted octanol–water partition coefficient (Wildman–Crippen LogP) is 3.67. The summed E-state index contributed by atoms with van der Waals surface area (Å²) in [5.41, 5.74) is 1.89. The molecule has 132 valence electrons. The summed E-state index contributed by atoms with van der Waals surface area (Å²) < 4.78 is 0. The van der Waals surface area contributed by atoms with E-state index in [4.69, 9.17) is 11.6 Å². The summed E-state index contributed by atoms with van der Waals surface area (Å²) in [4.78, 5) is 30.4. The average molecular weight is 368 g/mol. The van der Waals surface area contributed by atoms with Crippen LogP contribution in [0.1, 0.15) is 17.3 Å². The molecule has 5 nitrogen and oxygen atoms in total. The topological polar surface area (TPSA) is 62.3 Å². The van der Waals surface area contributed by atoms with Crippen molar-refractivity contribution in [2.75, 3.05) is 18.0 Å². The number of nitrogens with zero attached hydrogens (tertiary/aromatic N) is 2. The van der Waals surface area contributed by atoms with E-state index in [2.05, 4.69) is 10.3 Å². The molecule has 3 rings (SSSR count). The highest BCUT2D eigenvalue weighted by molar-refractivity contribution is 6.33. The van der Waals surface area contributed by atoms with Crippen molar-refractivity contribution in [3.8, 4) is 0 Å². The zero-order valence-electron chi connectivity index (χ0n) is 14.3. The molecule has 6 heteroatoms. The lowest BCUT2D eigenvalue weighted by Gasteiger charge is -2.22. The Morgan fingerprint density at radius 2 is 1.85 bits per heavy atom. The number of carbonyl (C=O) groups excluding carboxylic acids is 2. The highest BCUT2D eigenvalue weighted by atomic mass is 35.5. The molecule has 0 aliphatic carbocycles. The zero-order chi connectivity index (χ0) is 18.5. The lowest BCUT2D eigenvalue weighted by molar-refractivity contribution is -0.116. The molecule has 3 aromatic rings. The zero-order valence-corrected chi connectivity index (χ0v) is 15.0. The Balaban J connectivity index is 1.75. The average Bonchev–Trinajstić information content (AvgIpc) is 2.65. The number of rotatable bonds is 5. The number of hydrogen-bond donors (Lipinski definition) is 1. The first-order valence-corrected chi connectivity index (χ1v) is 8.60. The Hall–Kier alpha value is -2.92. The Morgan fingerprint density at radius 3 is 2.62 bits per heavy atom. The SMILES string of the molecule is CC(=O)N(CCNC(=O)c1ccccc1Cl)c1cccc2cccnc12. The number of nitrogens with one attached hydrogen (secondary N) is 1. The van der Waals surface area contributed by atoms with Crippen LogP contribution in [0.2, 0.25) is 5.02 Å². The number of para-hydroxylation sites is 1. The number of fused-ring (bicyclic) bond motifs is 1. The summed E-state index contributed by atoms with van der Waals surface area (Å²) in [7, 11) is 0. The molecule has 0 radical (unpaired) electrons. The third kappa shape index (κ3) is 3.83. The van der Waals surface area contributed by atoms with Gasteiger partial charge in [-0.3, -0.25) is 14.6 Å². The molecular formula is C20H18ClN3O2. The van der Waals surface area contributed by atoms with E-state index in [0.717, 1.165) is 16.6 Å². The van der Waals surface area contributed by atoms with Gasteiger partial charge in [-0.1, -0.05) is 41.9 Å². The Morgan fingerprint density at radius 1 is 1.08 bits per heavy atom. The number of anilines is 1. The minimum absolute atomic E-state index is 0.116. The van der Waals surface area contributed by atoms with Gasteiger partial charge in [-0.2, -0.15) is 0 Å². The van der Waals surface area contributed by atoms with Crippen molar-refractivity contribution in [2.24, 2.45) is 0 Å². The number of halogens is 1. The van der Waals surface area contributed by atoms with E-state index in [1.807, 2.05) is 30.3 Å². The van der Waals surface area contributed by atoms with Gasteiger partial charge in [0.1, 0.15) is 0 Å². The Kier molecular flexibility index (Phi) is 5.49. The van der Waals surface area contributed by atoms with Gasteiger partial charge in [0.25, 0.3) is 5.91 Å². The summed E-state index contributed by atoms with van der Waals surface area (Å²) in [6, 6.07) is 16.3. The Labute approximate surface area is 156 Å². The van der Waals surface area contributed by atoms with Gasteiger partial charge in [-0.25, -0.2) is 0 Å². The standard InChI is InChI=1S/C20H18ClN3O2/c1-14(25)24(18-10-4-6-15-7-5-11-22-19(15)18)13-12-23-20(26)16-8-2-3-9-17(16)21/h2-11H,12-13H2,1H3,(H,23,26). The molecule has 0 spiro atoms. The van der Waals surface area contributed by atoms with Gasteiger partial charge >= 0.3 is 0 Å². The maximum Gasteiger partial charge on any atom is 0.252 e. The highest BCUT2D eigenvalue weighted by Crippen LogP contribution is 2.24. The van der Waals surface area contributed by atoms with E-state index in [1.54, 1.807) is 35.4 Å². The van der Waals surface area contributed by atoms with Crippen LogP contribution in [0, 0.1) is 0 Å². The molecule has 0 unspecified atom stereocenters. The molecule has 0 aliphatic rings. The molecule has 0 aliphatic heterocycles. The van der Waals surface area contributed by atoms with Crippen LogP contribution in [0.25, 0.3) is 10.9 Å². The molecule has 26 heavy (non-hydrogen) atoms. The van der Waals surface area contributed by atoms with Gasteiger partial charge in [0.15, 0.2) is 0 Å². The summed E-state index contributed by atoms with van der Waals surface area (Å²) >= 11 is 6.04. The number of pyridine rings is 1. The van der Waals surface area contributed by atoms with Crippen molar-refractivity contribution < 1.29 is 9.59 Å². The first kappa shape index (κ1) is 17.9. The fourth-order valence-electron chi connectivity index (χ4n) is 2.78. The maximum atomic E-state index is 12.3. The molecule has 0 fully saturated rings. The number of benzene rings is 2. The van der Waals surface area contributed by atoms with Crippen LogP contribution >= 0.6 is 11.6 Å². The second-order valence-corrected chi connectivity index (χ2v) is 6.17. The number of amides is 2. The third-order valence-corrected chi connectivity index (χ3v) is 4.35. The molecule has 1 aromatic heterocycles. The van der Waals surface area contributed by atoms with Crippen molar-refractivity contribution >= 4 is 40.0 Å². The van der Waals surface area contributed by atoms with Crippen molar-refractivity contribution in [1.82, 2.24) is 10.3 Å². The van der Waals surface area contributed by atoms with E-state index < -0.39 is 0 Å². The van der Waals surface area contributed by atoms with Crippen molar-refractivity contribution in [3.63, 3.8) is 0 Å². The van der Waals surface area contributed by atoms with Crippen LogP contribution in [0.5, 0.6) is 0 Å². The first-order chi connectivity index (χ1) is 12.6. The molecule has 0 atom stereocenters. The largest absolute Gasteiger partial charge is 0.350 e. The van der Waals surface area contributed by atoms with Gasteiger partial charge in [-0.15, -0.1) is 0 Å². The molecular weight excluding hydrogens is 350 g/mol. The van der Waals surface area contributed by atoms with Crippen molar-refractivity contribution in [2.45, 2.75) is 6.92 Å². The predicted molar refractivity (Wildman–Crippen MR) is 104 cm³/mol. The molecule has 0 bridgehead atoms. The van der Waals surface area contributed by atoms with Crippen LogP contribution in [-0.2, 0) is 4.79 Å². The van der Waals surface area contributed by atoms with Crippen molar-refractivity contribution in [1.29, 1.82) is 0 Å². The van der Waals surface area contributed by atoms with E-state index in [-0.39, 0.29) is 11.8 Å². The summed E-state index contributed by atoms with van der Waals surface area (Å²) in [5.74, 6) is -0.384. The first-order valence-electron chi connectivity index (χ1n) is 8.22. The molecule has 0 saturated carbocycles. The van der Waals surface area contributed by atoms with E-state index in [0.29, 0.717) is 23.7 Å². The lowest BCUT2D eigenvalue weighted by atomic mass is 10.1. The molecule has 2 amide bonds. The van der Waals surface area contributed by atoms with Crippen LogP contribution in [0.4, 0.5) is 5.69 Å². The van der Waals surface area contributed by atoms with E-state index in [9.17, 15) is 9.59 Å². The Bertz CT molecular complexity index is 953. The quantitative estimate of drug-likeness (QED) is 0.748. The molecule has 2 aromatic carbocycles. The molecule has 0 saturated heterocycles. The minimum Gasteiger partial charge on any atom is -0.350 e. The normalized spacial score (nSPS) is 10.5. The number of hydrogen-bond acceptors (Lipinski definition) is 3.